The van der Waals surface area contributed by atoms with Gasteiger partial charge in [0.25, 0.3) is 0 Å². The minimum Gasteiger partial charge on any atom is -0.504 e. The van der Waals surface area contributed by atoms with Gasteiger partial charge in [0.15, 0.2) is 17.3 Å². The van der Waals surface area contributed by atoms with Gasteiger partial charge in [-0.15, -0.1) is 0 Å². The number of carbonyl (C=O) groups is 1. The summed E-state index contributed by atoms with van der Waals surface area (Å²) in [5.41, 5.74) is 1.95. The van der Waals surface area contributed by atoms with Crippen LogP contribution in [-0.2, 0) is 9.53 Å². The second kappa shape index (κ2) is 9.08. The fourth-order valence-electron chi connectivity index (χ4n) is 4.48. The molecule has 0 saturated carbocycles. The van der Waals surface area contributed by atoms with Gasteiger partial charge >= 0.3 is 0 Å². The smallest absolute Gasteiger partial charge is 0.167 e. The van der Waals surface area contributed by atoms with E-state index in [2.05, 4.69) is 4.90 Å². The molecule has 0 spiro atoms. The molecule has 1 N–H and O–H groups in total. The van der Waals surface area contributed by atoms with Crippen molar-refractivity contribution in [2.45, 2.75) is 46.0 Å². The summed E-state index contributed by atoms with van der Waals surface area (Å²) in [4.78, 5) is 15.5. The van der Waals surface area contributed by atoms with Gasteiger partial charge in [0, 0.05) is 24.0 Å². The molecule has 154 valence electrons. The molecule has 0 bridgehead atoms. The van der Waals surface area contributed by atoms with Crippen molar-refractivity contribution in [3.63, 3.8) is 0 Å². The summed E-state index contributed by atoms with van der Waals surface area (Å²) in [6.07, 6.45) is 9.36. The highest BCUT2D eigenvalue weighted by Gasteiger charge is 2.34. The lowest BCUT2D eigenvalue weighted by Crippen LogP contribution is -2.38. The molecule has 2 atom stereocenters. The van der Waals surface area contributed by atoms with Crippen molar-refractivity contribution >= 4 is 5.78 Å². The lowest BCUT2D eigenvalue weighted by atomic mass is 9.80. The van der Waals surface area contributed by atoms with Gasteiger partial charge in [-0.2, -0.15) is 0 Å². The Kier molecular flexibility index (Phi) is 6.76. The van der Waals surface area contributed by atoms with Crippen LogP contribution < -0.4 is 0 Å². The van der Waals surface area contributed by atoms with Gasteiger partial charge < -0.3 is 14.7 Å². The first kappa shape index (κ1) is 20.8. The van der Waals surface area contributed by atoms with Gasteiger partial charge in [-0.1, -0.05) is 25.5 Å². The van der Waals surface area contributed by atoms with Crippen LogP contribution in [-0.4, -0.2) is 42.5 Å². The van der Waals surface area contributed by atoms with Gasteiger partial charge in [0.05, 0.1) is 7.11 Å². The Morgan fingerprint density at radius 1 is 1.25 bits per heavy atom. The van der Waals surface area contributed by atoms with Crippen molar-refractivity contribution in [3.05, 3.63) is 46.7 Å². The van der Waals surface area contributed by atoms with E-state index in [9.17, 15) is 14.3 Å². The Labute approximate surface area is 167 Å². The number of carbonyl (C=O) groups excluding carboxylic acids is 1. The number of Topliss-reactive ketones (excluding diaryl/α,β-unsaturated/α-hetero) is 1. The van der Waals surface area contributed by atoms with E-state index in [1.807, 2.05) is 19.9 Å². The molecule has 5 heteroatoms. The van der Waals surface area contributed by atoms with Gasteiger partial charge in [-0.25, -0.2) is 4.39 Å². The number of hydrogen-bond donors (Lipinski definition) is 1. The summed E-state index contributed by atoms with van der Waals surface area (Å²) >= 11 is 0. The number of halogens is 1. The fraction of sp³-hybridized carbons (Fsp3) is 0.609. The minimum atomic E-state index is -0.0226. The molecule has 4 nitrogen and oxygen atoms in total. The molecule has 0 aromatic heterocycles. The standard InChI is InChI=1S/C23H32FNO3/c1-15-4-7-20(26)23(28-3)21(15)22(27)18-9-12-25(13-10-18)11-8-17-5-6-19(24)16(2)14-17/h5-7,15-16,18,26H,4,8-14H2,1-3H3. The molecule has 0 amide bonds. The normalized spacial score (nSPS) is 27.2. The second-order valence-electron chi connectivity index (χ2n) is 8.38. The van der Waals surface area contributed by atoms with Crippen LogP contribution in [0.5, 0.6) is 0 Å². The van der Waals surface area contributed by atoms with Crippen LogP contribution in [0.1, 0.15) is 46.0 Å². The lowest BCUT2D eigenvalue weighted by Gasteiger charge is -2.33. The van der Waals surface area contributed by atoms with Gasteiger partial charge in [0.1, 0.15) is 5.83 Å². The zero-order chi connectivity index (χ0) is 20.3. The number of ether oxygens (including phenoxy) is 1. The van der Waals surface area contributed by atoms with Crippen molar-refractivity contribution in [2.24, 2.45) is 17.8 Å². The third-order valence-corrected chi connectivity index (χ3v) is 6.33. The number of rotatable bonds is 6. The van der Waals surface area contributed by atoms with Crippen molar-refractivity contribution < 1.29 is 19.0 Å². The maximum atomic E-state index is 13.5. The van der Waals surface area contributed by atoms with E-state index < -0.39 is 0 Å². The van der Waals surface area contributed by atoms with Crippen LogP contribution >= 0.6 is 0 Å². The third-order valence-electron chi connectivity index (χ3n) is 6.33. The summed E-state index contributed by atoms with van der Waals surface area (Å²) in [6.45, 7) is 6.70. The van der Waals surface area contributed by atoms with E-state index in [1.165, 1.54) is 12.7 Å². The first-order valence-electron chi connectivity index (χ1n) is 10.4. The lowest BCUT2D eigenvalue weighted by molar-refractivity contribution is -0.121. The fourth-order valence-corrected chi connectivity index (χ4v) is 4.48. The van der Waals surface area contributed by atoms with Crippen LogP contribution in [0, 0.1) is 17.8 Å². The van der Waals surface area contributed by atoms with Crippen LogP contribution in [0.4, 0.5) is 4.39 Å². The molecule has 3 rings (SSSR count). The van der Waals surface area contributed by atoms with Crippen molar-refractivity contribution in [3.8, 4) is 0 Å². The highest BCUT2D eigenvalue weighted by molar-refractivity contribution is 5.98. The van der Waals surface area contributed by atoms with E-state index >= 15 is 0 Å². The molecule has 3 aliphatic rings. The zero-order valence-electron chi connectivity index (χ0n) is 17.2. The summed E-state index contributed by atoms with van der Waals surface area (Å²) in [7, 11) is 1.51. The molecule has 28 heavy (non-hydrogen) atoms. The van der Waals surface area contributed by atoms with Crippen LogP contribution in [0.3, 0.4) is 0 Å². The number of allylic oxidation sites excluding steroid dienone is 5. The Morgan fingerprint density at radius 2 is 1.96 bits per heavy atom. The number of likely N-dealkylation sites (tertiary alicyclic amines) is 1. The van der Waals surface area contributed by atoms with E-state index in [4.69, 9.17) is 4.74 Å². The Bertz CT molecular complexity index is 726. The summed E-state index contributed by atoms with van der Waals surface area (Å²) < 4.78 is 18.8. The molecule has 1 aliphatic heterocycles. The second-order valence-corrected chi connectivity index (χ2v) is 8.38. The average Bonchev–Trinajstić information content (AvgIpc) is 2.70. The highest BCUT2D eigenvalue weighted by Crippen LogP contribution is 2.34. The largest absolute Gasteiger partial charge is 0.504 e. The van der Waals surface area contributed by atoms with Gasteiger partial charge in [-0.3, -0.25) is 4.79 Å². The molecule has 0 aromatic carbocycles. The summed E-state index contributed by atoms with van der Waals surface area (Å²) in [5, 5.41) is 10.1. The molecule has 2 unspecified atom stereocenters. The molecule has 1 heterocycles. The van der Waals surface area contributed by atoms with Gasteiger partial charge in [-0.05, 0) is 63.3 Å². The molecule has 1 fully saturated rings. The molecular weight excluding hydrogens is 357 g/mol. The Morgan fingerprint density at radius 3 is 2.61 bits per heavy atom. The summed E-state index contributed by atoms with van der Waals surface area (Å²) in [6, 6.07) is 0. The van der Waals surface area contributed by atoms with E-state index in [-0.39, 0.29) is 35.1 Å². The number of ketones is 1. The third kappa shape index (κ3) is 4.57. The average molecular weight is 390 g/mol. The maximum Gasteiger partial charge on any atom is 0.167 e. The zero-order valence-corrected chi connectivity index (χ0v) is 17.2. The minimum absolute atomic E-state index is 0.00398. The number of aliphatic hydroxyl groups excluding tert-OH is 1. The highest BCUT2D eigenvalue weighted by atomic mass is 19.1. The number of nitrogens with zero attached hydrogens (tertiary/aromatic N) is 1. The quantitative estimate of drug-likeness (QED) is 0.705. The van der Waals surface area contributed by atoms with Gasteiger partial charge in [0.2, 0.25) is 0 Å². The Hall–Kier alpha value is -1.88. The SMILES string of the molecule is COC1=C(C(=O)C2CCN(CCC3=CC=C(F)C(C)C3)CC2)C(C)CC=C1O. The number of hydrogen-bond acceptors (Lipinski definition) is 4. The van der Waals surface area contributed by atoms with Crippen LogP contribution in [0.25, 0.3) is 0 Å². The predicted molar refractivity (Wildman–Crippen MR) is 108 cm³/mol. The molecule has 0 radical (unpaired) electrons. The van der Waals surface area contributed by atoms with Crippen LogP contribution in [0.15, 0.2) is 46.7 Å². The van der Waals surface area contributed by atoms with E-state index in [0.29, 0.717) is 17.8 Å². The monoisotopic (exact) mass is 389 g/mol. The molecule has 2 aliphatic carbocycles. The Balaban J connectivity index is 1.54. The number of aliphatic hydroxyl groups is 1. The molecule has 1 saturated heterocycles. The van der Waals surface area contributed by atoms with E-state index in [0.717, 1.165) is 45.3 Å². The molecular formula is C23H32FNO3. The van der Waals surface area contributed by atoms with Crippen molar-refractivity contribution in [1.82, 2.24) is 4.90 Å². The van der Waals surface area contributed by atoms with Crippen molar-refractivity contribution in [2.75, 3.05) is 26.7 Å². The predicted octanol–water partition coefficient (Wildman–Crippen LogP) is 4.86. The number of piperidine rings is 1. The maximum absolute atomic E-state index is 13.5. The molecule has 0 aromatic rings. The van der Waals surface area contributed by atoms with Crippen molar-refractivity contribution in [1.29, 1.82) is 0 Å². The topological polar surface area (TPSA) is 49.8 Å². The first-order valence-corrected chi connectivity index (χ1v) is 10.4. The van der Waals surface area contributed by atoms with Crippen LogP contribution in [0.2, 0.25) is 0 Å². The number of methoxy groups -OCH3 is 1. The first-order chi connectivity index (χ1) is 13.4. The van der Waals surface area contributed by atoms with E-state index in [1.54, 1.807) is 12.2 Å². The summed E-state index contributed by atoms with van der Waals surface area (Å²) in [5.74, 6) is 0.612.